The quantitative estimate of drug-likeness (QED) is 0.835. The number of hydrogen-bond acceptors (Lipinski definition) is 4. The van der Waals surface area contributed by atoms with E-state index in [-0.39, 0.29) is 10.8 Å². The zero-order valence-corrected chi connectivity index (χ0v) is 14.3. The molecule has 3 heterocycles. The number of rotatable bonds is 4. The van der Waals surface area contributed by atoms with Crippen molar-refractivity contribution in [2.45, 2.75) is 37.5 Å². The van der Waals surface area contributed by atoms with Gasteiger partial charge in [-0.3, -0.25) is 9.78 Å². The molecular formula is C16H23N3O3S. The molecule has 126 valence electrons. The molecule has 1 amide bonds. The molecule has 0 saturated carbocycles. The van der Waals surface area contributed by atoms with Crippen LogP contribution in [0.4, 0.5) is 0 Å². The van der Waals surface area contributed by atoms with Crippen molar-refractivity contribution in [2.75, 3.05) is 26.2 Å². The number of amides is 1. The number of carbonyl (C=O) groups excluding carboxylic acids is 1. The predicted octanol–water partition coefficient (Wildman–Crippen LogP) is 1.49. The molecule has 0 aromatic carbocycles. The van der Waals surface area contributed by atoms with Crippen molar-refractivity contribution >= 4 is 15.9 Å². The third kappa shape index (κ3) is 2.87. The first kappa shape index (κ1) is 16.4. The fourth-order valence-electron chi connectivity index (χ4n) is 3.70. The van der Waals surface area contributed by atoms with E-state index < -0.39 is 15.4 Å². The predicted molar refractivity (Wildman–Crippen MR) is 86.2 cm³/mol. The molecular weight excluding hydrogens is 314 g/mol. The van der Waals surface area contributed by atoms with Crippen LogP contribution in [-0.4, -0.2) is 54.7 Å². The lowest BCUT2D eigenvalue weighted by Gasteiger charge is -2.39. The van der Waals surface area contributed by atoms with Crippen molar-refractivity contribution in [3.63, 3.8) is 0 Å². The third-order valence-corrected chi connectivity index (χ3v) is 6.74. The molecule has 23 heavy (non-hydrogen) atoms. The number of carbonyl (C=O) groups is 1. The highest BCUT2D eigenvalue weighted by atomic mass is 32.2. The largest absolute Gasteiger partial charge is 0.342 e. The van der Waals surface area contributed by atoms with Crippen molar-refractivity contribution in [1.29, 1.82) is 0 Å². The van der Waals surface area contributed by atoms with Crippen LogP contribution in [-0.2, 0) is 14.8 Å². The van der Waals surface area contributed by atoms with Crippen molar-refractivity contribution < 1.29 is 13.2 Å². The molecule has 1 atom stereocenters. The highest BCUT2D eigenvalue weighted by molar-refractivity contribution is 7.89. The monoisotopic (exact) mass is 337 g/mol. The van der Waals surface area contributed by atoms with E-state index in [1.807, 2.05) is 4.90 Å². The fraction of sp³-hybridized carbons (Fsp3) is 0.625. The van der Waals surface area contributed by atoms with Gasteiger partial charge < -0.3 is 4.90 Å². The van der Waals surface area contributed by atoms with Crippen LogP contribution in [0.1, 0.15) is 32.6 Å². The minimum Gasteiger partial charge on any atom is -0.342 e. The number of piperidine rings is 1. The SMILES string of the molecule is CCCN1CCCC2(CCN(S(=O)(=O)c3cccnc3)C2)C1=O. The van der Waals surface area contributed by atoms with Crippen molar-refractivity contribution in [3.8, 4) is 0 Å². The highest BCUT2D eigenvalue weighted by Crippen LogP contribution is 2.41. The van der Waals surface area contributed by atoms with Gasteiger partial charge in [-0.1, -0.05) is 6.92 Å². The van der Waals surface area contributed by atoms with Crippen LogP contribution in [0.2, 0.25) is 0 Å². The molecule has 1 spiro atoms. The zero-order valence-electron chi connectivity index (χ0n) is 13.4. The molecule has 0 radical (unpaired) electrons. The summed E-state index contributed by atoms with van der Waals surface area (Å²) < 4.78 is 26.9. The van der Waals surface area contributed by atoms with Crippen LogP contribution in [0.3, 0.4) is 0 Å². The summed E-state index contributed by atoms with van der Waals surface area (Å²) in [5.41, 5.74) is -0.525. The summed E-state index contributed by atoms with van der Waals surface area (Å²) in [4.78, 5) is 18.8. The Hall–Kier alpha value is -1.47. The highest BCUT2D eigenvalue weighted by Gasteiger charge is 2.50. The number of pyridine rings is 1. The summed E-state index contributed by atoms with van der Waals surface area (Å²) in [7, 11) is -3.57. The van der Waals surface area contributed by atoms with E-state index in [9.17, 15) is 13.2 Å². The second-order valence-corrected chi connectivity index (χ2v) is 8.39. The Kier molecular flexibility index (Phi) is 4.42. The molecule has 2 aliphatic rings. The molecule has 3 rings (SSSR count). The van der Waals surface area contributed by atoms with E-state index in [0.717, 1.165) is 32.4 Å². The molecule has 1 unspecified atom stereocenters. The third-order valence-electron chi connectivity index (χ3n) is 4.91. The molecule has 0 bridgehead atoms. The van der Waals surface area contributed by atoms with Gasteiger partial charge in [-0.2, -0.15) is 4.31 Å². The van der Waals surface area contributed by atoms with Crippen LogP contribution in [0.25, 0.3) is 0 Å². The van der Waals surface area contributed by atoms with Crippen LogP contribution in [0.15, 0.2) is 29.4 Å². The summed E-state index contributed by atoms with van der Waals surface area (Å²) >= 11 is 0. The maximum Gasteiger partial charge on any atom is 0.244 e. The van der Waals surface area contributed by atoms with E-state index in [1.165, 1.54) is 10.5 Å². The average molecular weight is 337 g/mol. The standard InChI is InChI=1S/C16H23N3O3S/c1-2-9-18-10-4-6-16(15(18)20)7-11-19(13-16)23(21,22)14-5-3-8-17-12-14/h3,5,8,12H,2,4,6-7,9-11,13H2,1H3. The van der Waals surface area contributed by atoms with Gasteiger partial charge in [0.25, 0.3) is 0 Å². The summed E-state index contributed by atoms with van der Waals surface area (Å²) in [5.74, 6) is 0.134. The molecule has 7 heteroatoms. The Morgan fingerprint density at radius 3 is 2.83 bits per heavy atom. The molecule has 2 fully saturated rings. The van der Waals surface area contributed by atoms with Gasteiger partial charge >= 0.3 is 0 Å². The summed E-state index contributed by atoms with van der Waals surface area (Å²) in [5, 5.41) is 0. The first-order valence-corrected chi connectivity index (χ1v) is 9.63. The number of sulfonamides is 1. The lowest BCUT2D eigenvalue weighted by atomic mass is 9.78. The summed E-state index contributed by atoms with van der Waals surface area (Å²) in [6.07, 6.45) is 6.20. The molecule has 6 nitrogen and oxygen atoms in total. The molecule has 2 saturated heterocycles. The van der Waals surface area contributed by atoms with E-state index >= 15 is 0 Å². The fourth-order valence-corrected chi connectivity index (χ4v) is 5.19. The van der Waals surface area contributed by atoms with Crippen LogP contribution >= 0.6 is 0 Å². The van der Waals surface area contributed by atoms with Gasteiger partial charge in [0.2, 0.25) is 15.9 Å². The number of aromatic nitrogens is 1. The summed E-state index contributed by atoms with van der Waals surface area (Å²) in [6.45, 7) is 4.31. The van der Waals surface area contributed by atoms with Crippen molar-refractivity contribution in [2.24, 2.45) is 5.41 Å². The first-order chi connectivity index (χ1) is 11.0. The lowest BCUT2D eigenvalue weighted by Crippen LogP contribution is -2.50. The van der Waals surface area contributed by atoms with Crippen molar-refractivity contribution in [1.82, 2.24) is 14.2 Å². The Bertz CT molecular complexity index is 675. The maximum absolute atomic E-state index is 12.8. The smallest absolute Gasteiger partial charge is 0.244 e. The minimum atomic E-state index is -3.57. The number of nitrogens with zero attached hydrogens (tertiary/aromatic N) is 3. The molecule has 1 aromatic rings. The molecule has 0 N–H and O–H groups in total. The van der Waals surface area contributed by atoms with E-state index in [2.05, 4.69) is 11.9 Å². The van der Waals surface area contributed by atoms with Crippen LogP contribution in [0, 0.1) is 5.41 Å². The zero-order chi connectivity index (χ0) is 16.5. The van der Waals surface area contributed by atoms with Gasteiger partial charge in [0.15, 0.2) is 0 Å². The minimum absolute atomic E-state index is 0.134. The normalized spacial score (nSPS) is 26.1. The molecule has 0 aliphatic carbocycles. The molecule has 1 aromatic heterocycles. The lowest BCUT2D eigenvalue weighted by molar-refractivity contribution is -0.145. The number of likely N-dealkylation sites (tertiary alicyclic amines) is 1. The van der Waals surface area contributed by atoms with Gasteiger partial charge in [0.1, 0.15) is 4.90 Å². The molecule has 2 aliphatic heterocycles. The van der Waals surface area contributed by atoms with Crippen LogP contribution in [0.5, 0.6) is 0 Å². The van der Waals surface area contributed by atoms with E-state index in [0.29, 0.717) is 19.5 Å². The second kappa shape index (κ2) is 6.20. The van der Waals surface area contributed by atoms with Gasteiger partial charge in [0.05, 0.1) is 5.41 Å². The average Bonchev–Trinajstić information content (AvgIpc) is 2.99. The van der Waals surface area contributed by atoms with Gasteiger partial charge in [-0.05, 0) is 37.8 Å². The maximum atomic E-state index is 12.8. The van der Waals surface area contributed by atoms with Gasteiger partial charge in [-0.15, -0.1) is 0 Å². The summed E-state index contributed by atoms with van der Waals surface area (Å²) in [6, 6.07) is 3.17. The second-order valence-electron chi connectivity index (χ2n) is 6.45. The Labute approximate surface area is 137 Å². The van der Waals surface area contributed by atoms with Crippen LogP contribution < -0.4 is 0 Å². The van der Waals surface area contributed by atoms with Gasteiger partial charge in [-0.25, -0.2) is 8.42 Å². The number of hydrogen-bond donors (Lipinski definition) is 0. The Morgan fingerprint density at radius 2 is 2.13 bits per heavy atom. The topological polar surface area (TPSA) is 70.6 Å². The van der Waals surface area contributed by atoms with E-state index in [4.69, 9.17) is 0 Å². The van der Waals surface area contributed by atoms with E-state index in [1.54, 1.807) is 18.3 Å². The Balaban J connectivity index is 1.81. The Morgan fingerprint density at radius 1 is 1.30 bits per heavy atom. The first-order valence-electron chi connectivity index (χ1n) is 8.19. The van der Waals surface area contributed by atoms with Gasteiger partial charge in [0, 0.05) is 38.6 Å². The van der Waals surface area contributed by atoms with Crippen molar-refractivity contribution in [3.05, 3.63) is 24.5 Å².